The van der Waals surface area contributed by atoms with Crippen molar-refractivity contribution < 1.29 is 13.6 Å². The van der Waals surface area contributed by atoms with Crippen LogP contribution >= 0.6 is 0 Å². The van der Waals surface area contributed by atoms with E-state index >= 15 is 0 Å². The second kappa shape index (κ2) is 7.07. The van der Waals surface area contributed by atoms with E-state index in [0.717, 1.165) is 25.0 Å². The van der Waals surface area contributed by atoms with E-state index in [4.69, 9.17) is 0 Å². The normalized spacial score (nSPS) is 13.7. The fourth-order valence-electron chi connectivity index (χ4n) is 1.78. The summed E-state index contributed by atoms with van der Waals surface area (Å²) in [6.45, 7) is 5.60. The first-order valence-corrected chi connectivity index (χ1v) is 6.46. The average Bonchev–Trinajstić information content (AvgIpc) is 2.32. The summed E-state index contributed by atoms with van der Waals surface area (Å²) in [6, 6.07) is 2.71. The van der Waals surface area contributed by atoms with E-state index < -0.39 is 17.7 Å². The quantitative estimate of drug-likeness (QED) is 0.834. The van der Waals surface area contributed by atoms with Crippen LogP contribution in [0, 0.1) is 11.6 Å². The van der Waals surface area contributed by atoms with E-state index in [1.165, 1.54) is 6.07 Å². The van der Waals surface area contributed by atoms with Crippen LogP contribution in [0.25, 0.3) is 0 Å². The molecule has 2 unspecified atom stereocenters. The van der Waals surface area contributed by atoms with Gasteiger partial charge in [0.15, 0.2) is 0 Å². The molecule has 1 aromatic carbocycles. The van der Waals surface area contributed by atoms with Gasteiger partial charge in [-0.3, -0.25) is 4.79 Å². The summed E-state index contributed by atoms with van der Waals surface area (Å²) < 4.78 is 26.2. The molecule has 3 nitrogen and oxygen atoms in total. The number of benzene rings is 1. The largest absolute Gasteiger partial charge is 0.372 e. The van der Waals surface area contributed by atoms with Crippen molar-refractivity contribution in [1.29, 1.82) is 0 Å². The minimum absolute atomic E-state index is 0.0832. The van der Waals surface area contributed by atoms with Crippen molar-refractivity contribution in [2.75, 3.05) is 5.32 Å². The molecule has 0 aliphatic heterocycles. The topological polar surface area (TPSA) is 41.1 Å². The first-order valence-electron chi connectivity index (χ1n) is 6.46. The third-order valence-corrected chi connectivity index (χ3v) is 2.81. The minimum Gasteiger partial charge on any atom is -0.372 e. The highest BCUT2D eigenvalue weighted by atomic mass is 19.1. The van der Waals surface area contributed by atoms with Gasteiger partial charge in [0.1, 0.15) is 17.7 Å². The first kappa shape index (κ1) is 15.4. The molecule has 0 spiro atoms. The van der Waals surface area contributed by atoms with Crippen molar-refractivity contribution in [2.24, 2.45) is 0 Å². The highest BCUT2D eigenvalue weighted by molar-refractivity contribution is 5.84. The van der Waals surface area contributed by atoms with Crippen LogP contribution in [0.3, 0.4) is 0 Å². The molecule has 0 saturated carbocycles. The lowest BCUT2D eigenvalue weighted by Crippen LogP contribution is -2.42. The molecule has 106 valence electrons. The van der Waals surface area contributed by atoms with Gasteiger partial charge >= 0.3 is 0 Å². The molecule has 0 aromatic heterocycles. The van der Waals surface area contributed by atoms with E-state index in [9.17, 15) is 13.6 Å². The Morgan fingerprint density at radius 2 is 2.00 bits per heavy atom. The number of halogens is 2. The first-order chi connectivity index (χ1) is 8.93. The third kappa shape index (κ3) is 4.85. The van der Waals surface area contributed by atoms with Gasteiger partial charge in [0.25, 0.3) is 0 Å². The lowest BCUT2D eigenvalue weighted by atomic mass is 10.2. The van der Waals surface area contributed by atoms with E-state index in [1.54, 1.807) is 6.92 Å². The van der Waals surface area contributed by atoms with Gasteiger partial charge in [-0.15, -0.1) is 0 Å². The fourth-order valence-corrected chi connectivity index (χ4v) is 1.78. The molecule has 0 aliphatic rings. The van der Waals surface area contributed by atoms with Crippen LogP contribution in [0.5, 0.6) is 0 Å². The summed E-state index contributed by atoms with van der Waals surface area (Å²) in [5.74, 6) is -1.55. The zero-order valence-electron chi connectivity index (χ0n) is 11.5. The monoisotopic (exact) mass is 270 g/mol. The Hall–Kier alpha value is -1.65. The van der Waals surface area contributed by atoms with E-state index in [1.807, 2.05) is 13.8 Å². The van der Waals surface area contributed by atoms with Gasteiger partial charge in [-0.25, -0.2) is 8.78 Å². The Morgan fingerprint density at radius 3 is 2.58 bits per heavy atom. The third-order valence-electron chi connectivity index (χ3n) is 2.81. The fraction of sp³-hybridized carbons (Fsp3) is 0.500. The van der Waals surface area contributed by atoms with Crippen LogP contribution in [0.4, 0.5) is 14.5 Å². The molecule has 1 amide bonds. The van der Waals surface area contributed by atoms with E-state index in [2.05, 4.69) is 10.6 Å². The number of anilines is 1. The standard InChI is InChI=1S/C14H20F2N2O/c1-4-5-9(2)17-14(19)10(3)18-13-7-6-11(15)8-12(13)16/h6-10,18H,4-5H2,1-3H3,(H,17,19). The summed E-state index contributed by atoms with van der Waals surface area (Å²) in [6.07, 6.45) is 1.87. The van der Waals surface area contributed by atoms with E-state index in [-0.39, 0.29) is 17.6 Å². The van der Waals surface area contributed by atoms with Crippen molar-refractivity contribution in [3.8, 4) is 0 Å². The number of carbonyl (C=O) groups excluding carboxylic acids is 1. The number of hydrogen-bond acceptors (Lipinski definition) is 2. The van der Waals surface area contributed by atoms with Gasteiger partial charge in [-0.2, -0.15) is 0 Å². The Kier molecular flexibility index (Phi) is 5.73. The maximum Gasteiger partial charge on any atom is 0.242 e. The van der Waals surface area contributed by atoms with Crippen molar-refractivity contribution in [1.82, 2.24) is 5.32 Å². The summed E-state index contributed by atoms with van der Waals surface area (Å²) >= 11 is 0. The maximum absolute atomic E-state index is 13.4. The number of hydrogen-bond donors (Lipinski definition) is 2. The van der Waals surface area contributed by atoms with Crippen molar-refractivity contribution in [3.05, 3.63) is 29.8 Å². The van der Waals surface area contributed by atoms with Gasteiger partial charge in [0, 0.05) is 12.1 Å². The van der Waals surface area contributed by atoms with Gasteiger partial charge in [-0.05, 0) is 32.4 Å². The molecule has 0 heterocycles. The molecular weight excluding hydrogens is 250 g/mol. The Labute approximate surface area is 112 Å². The highest BCUT2D eigenvalue weighted by Gasteiger charge is 2.16. The van der Waals surface area contributed by atoms with Gasteiger partial charge in [0.2, 0.25) is 5.91 Å². The van der Waals surface area contributed by atoms with Gasteiger partial charge in [-0.1, -0.05) is 13.3 Å². The molecule has 2 atom stereocenters. The molecule has 0 aliphatic carbocycles. The molecule has 0 saturated heterocycles. The number of amides is 1. The van der Waals surface area contributed by atoms with Crippen molar-refractivity contribution >= 4 is 11.6 Å². The SMILES string of the molecule is CCCC(C)NC(=O)C(C)Nc1ccc(F)cc1F. The van der Waals surface area contributed by atoms with Gasteiger partial charge in [0.05, 0.1) is 5.69 Å². The number of carbonyl (C=O) groups is 1. The molecule has 0 fully saturated rings. The van der Waals surface area contributed by atoms with Crippen LogP contribution in [0.2, 0.25) is 0 Å². The highest BCUT2D eigenvalue weighted by Crippen LogP contribution is 2.15. The Bertz CT molecular complexity index is 437. The van der Waals surface area contributed by atoms with Crippen LogP contribution in [0.15, 0.2) is 18.2 Å². The molecule has 1 rings (SSSR count). The summed E-state index contributed by atoms with van der Waals surface area (Å²) in [5.41, 5.74) is 0.118. The molecule has 2 N–H and O–H groups in total. The molecule has 0 radical (unpaired) electrons. The molecular formula is C14H20F2N2O. The average molecular weight is 270 g/mol. The van der Waals surface area contributed by atoms with Crippen LogP contribution in [-0.2, 0) is 4.79 Å². The molecule has 0 bridgehead atoms. The summed E-state index contributed by atoms with van der Waals surface area (Å²) in [7, 11) is 0. The van der Waals surface area contributed by atoms with Crippen molar-refractivity contribution in [3.63, 3.8) is 0 Å². The van der Waals surface area contributed by atoms with Crippen molar-refractivity contribution in [2.45, 2.75) is 45.7 Å². The zero-order chi connectivity index (χ0) is 14.4. The van der Waals surface area contributed by atoms with Crippen LogP contribution in [0.1, 0.15) is 33.6 Å². The second-order valence-electron chi connectivity index (χ2n) is 4.69. The Balaban J connectivity index is 2.58. The lowest BCUT2D eigenvalue weighted by molar-refractivity contribution is -0.122. The lowest BCUT2D eigenvalue weighted by Gasteiger charge is -2.19. The van der Waals surface area contributed by atoms with Crippen LogP contribution in [-0.4, -0.2) is 18.0 Å². The van der Waals surface area contributed by atoms with Gasteiger partial charge < -0.3 is 10.6 Å². The molecule has 5 heteroatoms. The molecule has 19 heavy (non-hydrogen) atoms. The van der Waals surface area contributed by atoms with Crippen LogP contribution < -0.4 is 10.6 Å². The van der Waals surface area contributed by atoms with E-state index in [0.29, 0.717) is 0 Å². The predicted octanol–water partition coefficient (Wildman–Crippen LogP) is 3.07. The summed E-state index contributed by atoms with van der Waals surface area (Å²) in [5, 5.41) is 5.56. The number of rotatable bonds is 6. The maximum atomic E-state index is 13.4. The zero-order valence-corrected chi connectivity index (χ0v) is 11.5. The predicted molar refractivity (Wildman–Crippen MR) is 72.0 cm³/mol. The molecule has 1 aromatic rings. The smallest absolute Gasteiger partial charge is 0.242 e. The minimum atomic E-state index is -0.707. The Morgan fingerprint density at radius 1 is 1.32 bits per heavy atom. The summed E-state index contributed by atoms with van der Waals surface area (Å²) in [4.78, 5) is 11.8. The number of nitrogens with one attached hydrogen (secondary N) is 2. The second-order valence-corrected chi connectivity index (χ2v) is 4.69.